The van der Waals surface area contributed by atoms with Gasteiger partial charge in [0.1, 0.15) is 6.04 Å². The van der Waals surface area contributed by atoms with Gasteiger partial charge in [-0.1, -0.05) is 18.2 Å². The van der Waals surface area contributed by atoms with Crippen LogP contribution in [0.3, 0.4) is 0 Å². The minimum absolute atomic E-state index is 0.231. The molecule has 1 aliphatic rings. The maximum absolute atomic E-state index is 11.7. The summed E-state index contributed by atoms with van der Waals surface area (Å²) >= 11 is 1.57. The summed E-state index contributed by atoms with van der Waals surface area (Å²) in [4.78, 5) is 24.1. The van der Waals surface area contributed by atoms with Crippen LogP contribution in [-0.4, -0.2) is 46.0 Å². The molecule has 0 saturated carbocycles. The highest BCUT2D eigenvalue weighted by Gasteiger charge is 2.30. The van der Waals surface area contributed by atoms with Crippen molar-refractivity contribution in [1.29, 1.82) is 0 Å². The highest BCUT2D eigenvalue weighted by atomic mass is 32.2. The number of nitrogens with zero attached hydrogens (tertiary/aromatic N) is 1. The van der Waals surface area contributed by atoms with Crippen molar-refractivity contribution in [2.75, 3.05) is 18.1 Å². The lowest BCUT2D eigenvalue weighted by Gasteiger charge is -2.31. The molecule has 1 atom stereocenters. The minimum Gasteiger partial charge on any atom is -0.480 e. The van der Waals surface area contributed by atoms with Crippen LogP contribution in [0.4, 0.5) is 0 Å². The van der Waals surface area contributed by atoms with Crippen molar-refractivity contribution in [1.82, 2.24) is 4.90 Å². The highest BCUT2D eigenvalue weighted by molar-refractivity contribution is 7.99. The lowest BCUT2D eigenvalue weighted by Crippen LogP contribution is -2.49. The summed E-state index contributed by atoms with van der Waals surface area (Å²) in [6, 6.07) is -0.693. The van der Waals surface area contributed by atoms with E-state index in [2.05, 4.69) is 0 Å². The largest absolute Gasteiger partial charge is 0.480 e. The lowest BCUT2D eigenvalue weighted by atomic mass is 10.2. The molecule has 0 bridgehead atoms. The molecule has 1 unspecified atom stereocenters. The number of allylic oxidation sites excluding steroid dienone is 3. The number of carbonyl (C=O) groups is 2. The predicted molar refractivity (Wildman–Crippen MR) is 64.4 cm³/mol. The molecular weight excluding hydrogens is 226 g/mol. The third kappa shape index (κ3) is 3.41. The smallest absolute Gasteiger partial charge is 0.327 e. The van der Waals surface area contributed by atoms with E-state index in [0.717, 1.165) is 5.75 Å². The highest BCUT2D eigenvalue weighted by Crippen LogP contribution is 2.17. The minimum atomic E-state index is -0.931. The first kappa shape index (κ1) is 12.8. The third-order valence-electron chi connectivity index (χ3n) is 2.24. The van der Waals surface area contributed by atoms with Crippen LogP contribution in [-0.2, 0) is 9.59 Å². The van der Waals surface area contributed by atoms with E-state index in [4.69, 9.17) is 5.11 Å². The summed E-state index contributed by atoms with van der Waals surface area (Å²) in [7, 11) is 0. The Morgan fingerprint density at radius 2 is 2.19 bits per heavy atom. The number of carboxylic acid groups (broad SMARTS) is 1. The molecule has 1 aliphatic heterocycles. The Morgan fingerprint density at radius 1 is 1.44 bits per heavy atom. The van der Waals surface area contributed by atoms with E-state index in [0.29, 0.717) is 12.3 Å². The van der Waals surface area contributed by atoms with E-state index in [9.17, 15) is 9.59 Å². The van der Waals surface area contributed by atoms with Crippen LogP contribution in [0, 0.1) is 0 Å². The average molecular weight is 241 g/mol. The predicted octanol–water partition coefficient (Wildman–Crippen LogP) is 1.15. The molecular formula is C11H15NO3S. The van der Waals surface area contributed by atoms with Gasteiger partial charge in [0, 0.05) is 24.1 Å². The second-order valence-corrected chi connectivity index (χ2v) is 4.50. The normalized spacial score (nSPS) is 21.8. The van der Waals surface area contributed by atoms with Crippen LogP contribution in [0.25, 0.3) is 0 Å². The topological polar surface area (TPSA) is 57.6 Å². The maximum atomic E-state index is 11.7. The molecule has 5 heteroatoms. The van der Waals surface area contributed by atoms with Crippen molar-refractivity contribution >= 4 is 23.6 Å². The zero-order valence-corrected chi connectivity index (χ0v) is 9.94. The molecule has 1 N–H and O–H groups in total. The molecule has 16 heavy (non-hydrogen) atoms. The van der Waals surface area contributed by atoms with Crippen molar-refractivity contribution in [3.63, 3.8) is 0 Å². The summed E-state index contributed by atoms with van der Waals surface area (Å²) in [6.45, 7) is 2.35. The zero-order valence-electron chi connectivity index (χ0n) is 9.13. The maximum Gasteiger partial charge on any atom is 0.327 e. The lowest BCUT2D eigenvalue weighted by molar-refractivity contribution is -0.147. The van der Waals surface area contributed by atoms with Gasteiger partial charge in [-0.25, -0.2) is 4.79 Å². The van der Waals surface area contributed by atoms with Gasteiger partial charge in [-0.3, -0.25) is 4.79 Å². The molecule has 1 amide bonds. The van der Waals surface area contributed by atoms with E-state index < -0.39 is 12.0 Å². The van der Waals surface area contributed by atoms with Crippen molar-refractivity contribution in [3.8, 4) is 0 Å². The monoisotopic (exact) mass is 241 g/mol. The second-order valence-electron chi connectivity index (χ2n) is 3.35. The quantitative estimate of drug-likeness (QED) is 0.595. The van der Waals surface area contributed by atoms with E-state index >= 15 is 0 Å². The van der Waals surface area contributed by atoms with Crippen LogP contribution in [0.1, 0.15) is 6.92 Å². The molecule has 1 fully saturated rings. The zero-order chi connectivity index (χ0) is 12.0. The third-order valence-corrected chi connectivity index (χ3v) is 3.26. The first-order valence-corrected chi connectivity index (χ1v) is 6.22. The Morgan fingerprint density at radius 3 is 2.81 bits per heavy atom. The summed E-state index contributed by atoms with van der Waals surface area (Å²) in [5, 5.41) is 8.98. The fraction of sp³-hybridized carbons (Fsp3) is 0.455. The Balaban J connectivity index is 2.67. The van der Waals surface area contributed by atoms with E-state index in [1.54, 1.807) is 23.9 Å². The molecule has 0 radical (unpaired) electrons. The summed E-state index contributed by atoms with van der Waals surface area (Å²) < 4.78 is 0. The van der Waals surface area contributed by atoms with Crippen molar-refractivity contribution < 1.29 is 14.7 Å². The van der Waals surface area contributed by atoms with Crippen LogP contribution >= 0.6 is 11.8 Å². The van der Waals surface area contributed by atoms with Gasteiger partial charge >= 0.3 is 5.97 Å². The van der Waals surface area contributed by atoms with Crippen molar-refractivity contribution in [2.24, 2.45) is 0 Å². The summed E-state index contributed by atoms with van der Waals surface area (Å²) in [5.41, 5.74) is 0. The molecule has 0 spiro atoms. The standard InChI is InChI=1S/C11H15NO3S/c1-2-3-4-5-10(13)12-6-7-16-8-9(12)11(14)15/h2-5,9H,6-8H2,1H3,(H,14,15). The van der Waals surface area contributed by atoms with Crippen LogP contribution in [0.5, 0.6) is 0 Å². The first-order chi connectivity index (χ1) is 7.66. The molecule has 1 heterocycles. The van der Waals surface area contributed by atoms with E-state index in [1.165, 1.54) is 11.0 Å². The van der Waals surface area contributed by atoms with Gasteiger partial charge in [-0.2, -0.15) is 11.8 Å². The number of thioether (sulfide) groups is 1. The molecule has 0 aromatic heterocycles. The van der Waals surface area contributed by atoms with Gasteiger partial charge < -0.3 is 10.0 Å². The molecule has 0 aromatic carbocycles. The van der Waals surface area contributed by atoms with Gasteiger partial charge in [-0.05, 0) is 6.92 Å². The Labute approximate surface area is 99.0 Å². The number of hydrogen-bond donors (Lipinski definition) is 1. The number of carboxylic acids is 1. The average Bonchev–Trinajstić information content (AvgIpc) is 2.29. The van der Waals surface area contributed by atoms with Crippen molar-refractivity contribution in [3.05, 3.63) is 24.3 Å². The summed E-state index contributed by atoms with van der Waals surface area (Å²) in [6.07, 6.45) is 6.59. The number of amides is 1. The molecule has 0 aromatic rings. The van der Waals surface area contributed by atoms with E-state index in [-0.39, 0.29) is 5.91 Å². The Kier molecular flexibility index (Phi) is 5.11. The fourth-order valence-corrected chi connectivity index (χ4v) is 2.46. The molecule has 88 valence electrons. The second kappa shape index (κ2) is 6.37. The van der Waals surface area contributed by atoms with Crippen LogP contribution in [0.15, 0.2) is 24.3 Å². The Hall–Kier alpha value is -1.23. The van der Waals surface area contributed by atoms with Gasteiger partial charge in [0.25, 0.3) is 0 Å². The SMILES string of the molecule is CC=CC=CC(=O)N1CCSCC1C(=O)O. The molecule has 1 rings (SSSR count). The molecule has 1 saturated heterocycles. The summed E-state index contributed by atoms with van der Waals surface area (Å²) in [5.74, 6) is 0.108. The number of aliphatic carboxylic acids is 1. The van der Waals surface area contributed by atoms with Crippen LogP contribution in [0.2, 0.25) is 0 Å². The Bertz CT molecular complexity index is 325. The number of hydrogen-bond acceptors (Lipinski definition) is 3. The molecule has 0 aliphatic carbocycles. The van der Waals surface area contributed by atoms with Gasteiger partial charge in [0.05, 0.1) is 0 Å². The van der Waals surface area contributed by atoms with Crippen molar-refractivity contribution in [2.45, 2.75) is 13.0 Å². The first-order valence-electron chi connectivity index (χ1n) is 5.07. The van der Waals surface area contributed by atoms with Gasteiger partial charge in [-0.15, -0.1) is 0 Å². The van der Waals surface area contributed by atoms with Gasteiger partial charge in [0.15, 0.2) is 0 Å². The molecule has 4 nitrogen and oxygen atoms in total. The van der Waals surface area contributed by atoms with Crippen LogP contribution < -0.4 is 0 Å². The van der Waals surface area contributed by atoms with Gasteiger partial charge in [0.2, 0.25) is 5.91 Å². The number of carbonyl (C=O) groups excluding carboxylic acids is 1. The van der Waals surface area contributed by atoms with E-state index in [1.807, 2.05) is 13.0 Å². The number of rotatable bonds is 3. The fourth-order valence-electron chi connectivity index (χ4n) is 1.42.